The number of amides is 2. The molecular weight excluding hydrogens is 847 g/mol. The molecule has 4 aromatic carbocycles. The van der Waals surface area contributed by atoms with E-state index < -0.39 is 50.2 Å². The van der Waals surface area contributed by atoms with Crippen LogP contribution in [0.1, 0.15) is 52.5 Å². The number of ether oxygens (including phenoxy) is 1. The number of nitriles is 1. The van der Waals surface area contributed by atoms with Crippen molar-refractivity contribution in [3.05, 3.63) is 129 Å². The highest BCUT2D eigenvalue weighted by Crippen LogP contribution is 2.34. The third-order valence-electron chi connectivity index (χ3n) is 10.5. The zero-order valence-corrected chi connectivity index (χ0v) is 35.0. The number of rotatable bonds is 17. The lowest BCUT2D eigenvalue weighted by molar-refractivity contribution is -0.137. The molecule has 0 radical (unpaired) electrons. The molecule has 63 heavy (non-hydrogen) atoms. The maximum absolute atomic E-state index is 14.9. The highest BCUT2D eigenvalue weighted by atomic mass is 32.2. The summed E-state index contributed by atoms with van der Waals surface area (Å²) in [5, 5.41) is 32.9. The summed E-state index contributed by atoms with van der Waals surface area (Å²) in [6, 6.07) is 21.1. The third-order valence-corrected chi connectivity index (χ3v) is 12.4. The molecule has 0 spiro atoms. The van der Waals surface area contributed by atoms with Crippen LogP contribution in [0.3, 0.4) is 0 Å². The molecule has 1 saturated heterocycles. The van der Waals surface area contributed by atoms with Crippen LogP contribution in [0, 0.1) is 17.1 Å². The fourth-order valence-electron chi connectivity index (χ4n) is 7.11. The van der Waals surface area contributed by atoms with Crippen molar-refractivity contribution in [2.45, 2.75) is 42.9 Å². The first-order chi connectivity index (χ1) is 29.9. The van der Waals surface area contributed by atoms with E-state index in [1.54, 1.807) is 35.2 Å². The molecule has 1 aliphatic heterocycles. The van der Waals surface area contributed by atoms with Crippen molar-refractivity contribution >= 4 is 43.8 Å². The number of aromatic amines is 1. The van der Waals surface area contributed by atoms with Gasteiger partial charge in [-0.15, -0.1) is 0 Å². The molecule has 0 unspecified atom stereocenters. The number of alkyl halides is 3. The van der Waals surface area contributed by atoms with E-state index in [2.05, 4.69) is 25.7 Å². The summed E-state index contributed by atoms with van der Waals surface area (Å²) in [7, 11) is -4.22. The maximum Gasteiger partial charge on any atom is 0.417 e. The van der Waals surface area contributed by atoms with Crippen LogP contribution in [0.4, 0.5) is 28.9 Å². The molecule has 0 bridgehead atoms. The summed E-state index contributed by atoms with van der Waals surface area (Å²) >= 11 is 0. The number of piperazine rings is 1. The lowest BCUT2D eigenvalue weighted by Gasteiger charge is -2.34. The van der Waals surface area contributed by atoms with Gasteiger partial charge in [-0.3, -0.25) is 19.3 Å². The van der Waals surface area contributed by atoms with Crippen molar-refractivity contribution < 1.29 is 45.4 Å². The minimum atomic E-state index is -4.88. The summed E-state index contributed by atoms with van der Waals surface area (Å²) in [5.74, 6) is -3.28. The van der Waals surface area contributed by atoms with Gasteiger partial charge in [0.05, 0.1) is 44.5 Å². The van der Waals surface area contributed by atoms with E-state index in [1.165, 1.54) is 36.4 Å². The zero-order valence-electron chi connectivity index (χ0n) is 34.2. The number of sulfone groups is 1. The summed E-state index contributed by atoms with van der Waals surface area (Å²) in [5.41, 5.74) is -3.22. The lowest BCUT2D eigenvalue weighted by Crippen LogP contribution is -2.49. The molecule has 0 aliphatic carbocycles. The van der Waals surface area contributed by atoms with E-state index in [4.69, 9.17) is 10.00 Å². The second-order valence-corrected chi connectivity index (χ2v) is 17.3. The Kier molecular flexibility index (Phi) is 14.6. The molecule has 1 aliphatic rings. The van der Waals surface area contributed by atoms with E-state index in [9.17, 15) is 45.5 Å². The topological polar surface area (TPSA) is 198 Å². The van der Waals surface area contributed by atoms with Gasteiger partial charge in [-0.1, -0.05) is 24.3 Å². The molecule has 6 rings (SSSR count). The highest BCUT2D eigenvalue weighted by molar-refractivity contribution is 7.91. The van der Waals surface area contributed by atoms with Gasteiger partial charge in [0.1, 0.15) is 5.82 Å². The number of H-pyrrole nitrogens is 1. The number of nitrogens with one attached hydrogen (secondary N) is 3. The quantitative estimate of drug-likeness (QED) is 0.0692. The van der Waals surface area contributed by atoms with E-state index in [0.717, 1.165) is 32.0 Å². The fourth-order valence-corrected chi connectivity index (χ4v) is 8.70. The molecular formula is C44H45F4N7O7S. The van der Waals surface area contributed by atoms with Crippen molar-refractivity contribution in [2.75, 3.05) is 68.9 Å². The van der Waals surface area contributed by atoms with Gasteiger partial charge in [0, 0.05) is 75.7 Å². The van der Waals surface area contributed by atoms with Gasteiger partial charge in [-0.25, -0.2) is 17.9 Å². The molecule has 5 aromatic rings. The minimum absolute atomic E-state index is 0.00565. The average molecular weight is 892 g/mol. The monoisotopic (exact) mass is 891 g/mol. The molecule has 14 nitrogen and oxygen atoms in total. The Balaban J connectivity index is 0.868. The van der Waals surface area contributed by atoms with Crippen LogP contribution >= 0.6 is 0 Å². The van der Waals surface area contributed by atoms with Crippen LogP contribution in [0.2, 0.25) is 0 Å². The molecule has 1 atom stereocenters. The van der Waals surface area contributed by atoms with Crippen molar-refractivity contribution in [3.63, 3.8) is 0 Å². The number of aliphatic hydroxyl groups is 1. The standard InChI is InChI=1S/C44H45F4N7O7S/c1-43(59,42(58)51-32-10-9-30(27-49)37(26-32)44(46,47)48)28-63(60,61)33-13-11-31(12-14-33)50-16-4-22-62-23-5-17-54-18-20-55(21-19-54)41(57)36-24-29(8-15-38(36)45)25-39-34-6-2-3-7-35(34)40(56)53-52-39/h2-3,6-15,24,26,50,59H,4-5,16-23,25,28H2,1H3,(H,51,58)(H,53,56)/t43-/m0/s1. The first-order valence-corrected chi connectivity index (χ1v) is 21.7. The van der Waals surface area contributed by atoms with Gasteiger partial charge in [0.2, 0.25) is 0 Å². The minimum Gasteiger partial charge on any atom is -0.385 e. The van der Waals surface area contributed by atoms with E-state index in [0.29, 0.717) is 92.6 Å². The van der Waals surface area contributed by atoms with Crippen LogP contribution in [0.5, 0.6) is 0 Å². The molecule has 332 valence electrons. The van der Waals surface area contributed by atoms with Gasteiger partial charge in [0.15, 0.2) is 15.4 Å². The number of halogens is 4. The molecule has 1 aromatic heterocycles. The molecule has 1 fully saturated rings. The zero-order chi connectivity index (χ0) is 45.4. The smallest absolute Gasteiger partial charge is 0.385 e. The molecule has 2 heterocycles. The molecule has 19 heteroatoms. The van der Waals surface area contributed by atoms with Gasteiger partial charge < -0.3 is 25.4 Å². The molecule has 0 saturated carbocycles. The van der Waals surface area contributed by atoms with E-state index in [-0.39, 0.29) is 27.6 Å². The summed E-state index contributed by atoms with van der Waals surface area (Å²) in [6.45, 7) is 5.37. The first kappa shape index (κ1) is 46.3. The number of benzene rings is 4. The highest BCUT2D eigenvalue weighted by Gasteiger charge is 2.38. The van der Waals surface area contributed by atoms with Crippen LogP contribution in [0.25, 0.3) is 10.8 Å². The average Bonchev–Trinajstić information content (AvgIpc) is 3.25. The second kappa shape index (κ2) is 19.9. The third kappa shape index (κ3) is 11.8. The van der Waals surface area contributed by atoms with Gasteiger partial charge >= 0.3 is 6.18 Å². The number of hydrogen-bond donors (Lipinski definition) is 4. The molecule has 2 amide bonds. The number of aromatic nitrogens is 2. The summed E-state index contributed by atoms with van der Waals surface area (Å²) in [6.07, 6.45) is -3.15. The van der Waals surface area contributed by atoms with Gasteiger partial charge in [-0.2, -0.15) is 23.5 Å². The van der Waals surface area contributed by atoms with Crippen LogP contribution in [0.15, 0.2) is 94.6 Å². The predicted molar refractivity (Wildman–Crippen MR) is 226 cm³/mol. The fraction of sp³-hybridized carbons (Fsp3) is 0.341. The molecule has 4 N–H and O–H groups in total. The maximum atomic E-state index is 14.9. The van der Waals surface area contributed by atoms with Crippen LogP contribution in [-0.2, 0) is 32.0 Å². The summed E-state index contributed by atoms with van der Waals surface area (Å²) < 4.78 is 86.8. The second-order valence-electron chi connectivity index (χ2n) is 15.3. The van der Waals surface area contributed by atoms with E-state index >= 15 is 0 Å². The number of anilines is 2. The van der Waals surface area contributed by atoms with Crippen LogP contribution in [-0.4, -0.2) is 109 Å². The Morgan fingerprint density at radius 2 is 1.62 bits per heavy atom. The predicted octanol–water partition coefficient (Wildman–Crippen LogP) is 5.37. The number of hydrogen-bond acceptors (Lipinski definition) is 11. The van der Waals surface area contributed by atoms with Crippen LogP contribution < -0.4 is 16.2 Å². The van der Waals surface area contributed by atoms with E-state index in [1.807, 2.05) is 6.07 Å². The SMILES string of the molecule is C[C@](O)(CS(=O)(=O)c1ccc(NCCCOCCCN2CCN(C(=O)c3cc(Cc4n[nH]c(=O)c5ccccc45)ccc3F)CC2)cc1)C(=O)Nc1ccc(C#N)c(C(F)(F)F)c1. The van der Waals surface area contributed by atoms with Crippen molar-refractivity contribution in [2.24, 2.45) is 0 Å². The van der Waals surface area contributed by atoms with Gasteiger partial charge in [0.25, 0.3) is 17.4 Å². The Hall–Kier alpha value is -6.20. The lowest BCUT2D eigenvalue weighted by atomic mass is 10.0. The largest absolute Gasteiger partial charge is 0.417 e. The Bertz CT molecular complexity index is 2660. The van der Waals surface area contributed by atoms with Gasteiger partial charge in [-0.05, 0) is 86.0 Å². The number of carbonyl (C=O) groups excluding carboxylic acids is 2. The van der Waals surface area contributed by atoms with Crippen molar-refractivity contribution in [3.8, 4) is 6.07 Å². The Morgan fingerprint density at radius 3 is 2.32 bits per heavy atom. The Morgan fingerprint density at radius 1 is 0.937 bits per heavy atom. The number of nitrogens with zero attached hydrogens (tertiary/aromatic N) is 4. The van der Waals surface area contributed by atoms with Crippen molar-refractivity contribution in [1.82, 2.24) is 20.0 Å². The normalized spacial score (nSPS) is 14.5. The number of carbonyl (C=O) groups is 2. The summed E-state index contributed by atoms with van der Waals surface area (Å²) in [4.78, 5) is 42.0. The first-order valence-electron chi connectivity index (χ1n) is 20.0. The Labute approximate surface area is 360 Å². The number of fused-ring (bicyclic) bond motifs is 1. The van der Waals surface area contributed by atoms with Crippen molar-refractivity contribution in [1.29, 1.82) is 5.26 Å².